The third-order valence-corrected chi connectivity index (χ3v) is 0. The van der Waals surface area contributed by atoms with Crippen LogP contribution in [0, 0.1) is 0 Å². The average Bonchev–Trinajstić information content (AvgIpc) is 1.25. The molecule has 0 aromatic rings. The van der Waals surface area contributed by atoms with E-state index in [2.05, 4.69) is 0 Å². The van der Waals surface area contributed by atoms with Gasteiger partial charge in [0.1, 0.15) is 0 Å². The molecule has 0 aromatic heterocycles. The van der Waals surface area contributed by atoms with Crippen LogP contribution < -0.4 is 10.2 Å². The van der Waals surface area contributed by atoms with E-state index in [1.165, 1.54) is 0 Å². The van der Waals surface area contributed by atoms with Gasteiger partial charge in [0.15, 0.2) is 0 Å². The van der Waals surface area contributed by atoms with Crippen LogP contribution in [0.2, 0.25) is 0 Å². The van der Waals surface area contributed by atoms with Crippen molar-refractivity contribution in [1.29, 1.82) is 0 Å². The molecule has 5 heteroatoms. The van der Waals surface area contributed by atoms with Crippen LogP contribution >= 0.6 is 0 Å². The van der Waals surface area contributed by atoms with E-state index in [0.717, 1.165) is 13.8 Å². The van der Waals surface area contributed by atoms with Crippen molar-refractivity contribution in [2.24, 2.45) is 0 Å². The van der Waals surface area contributed by atoms with E-state index in [-0.39, 0.29) is 21.1 Å². The van der Waals surface area contributed by atoms with Crippen molar-refractivity contribution in [3.63, 3.8) is 0 Å². The molecular weight excluding hydrogens is 208 g/mol. The van der Waals surface area contributed by atoms with Crippen molar-refractivity contribution in [2.45, 2.75) is 13.8 Å². The molecule has 4 nitrogen and oxygen atoms in total. The maximum atomic E-state index is 8.89. The number of carboxylic acid groups (broad SMARTS) is 2. The molecule has 0 saturated carbocycles. The summed E-state index contributed by atoms with van der Waals surface area (Å²) in [7, 11) is 0. The quantitative estimate of drug-likeness (QED) is 0.418. The average molecular weight is 214 g/mol. The van der Waals surface area contributed by atoms with Crippen LogP contribution in [0.15, 0.2) is 0 Å². The molecule has 9 heavy (non-hydrogen) atoms. The summed E-state index contributed by atoms with van der Waals surface area (Å²) in [6, 6.07) is 0. The zero-order valence-electron chi connectivity index (χ0n) is 5.04. The Labute approximate surface area is 67.1 Å². The van der Waals surface area contributed by atoms with Gasteiger partial charge in [0.05, 0.1) is 0 Å². The van der Waals surface area contributed by atoms with Crippen molar-refractivity contribution in [3.8, 4) is 0 Å². The van der Waals surface area contributed by atoms with E-state index in [0.29, 0.717) is 0 Å². The SMILES string of the molecule is CC(=O)[O-].CC(=O)[O-].[Mo+4]. The van der Waals surface area contributed by atoms with Gasteiger partial charge in [-0.25, -0.2) is 0 Å². The Morgan fingerprint density at radius 1 is 1.00 bits per heavy atom. The Kier molecular flexibility index (Phi) is 18.6. The monoisotopic (exact) mass is 216 g/mol. The number of carbonyl (C=O) groups is 2. The molecular formula is C4H6MoO4+2. The molecule has 0 bridgehead atoms. The number of hydrogen-bond donors (Lipinski definition) is 0. The minimum atomic E-state index is -1.08. The number of carbonyl (C=O) groups excluding carboxylic acids is 2. The van der Waals surface area contributed by atoms with Crippen molar-refractivity contribution in [1.82, 2.24) is 0 Å². The second kappa shape index (κ2) is 10.6. The van der Waals surface area contributed by atoms with E-state index in [1.807, 2.05) is 0 Å². The zero-order valence-corrected chi connectivity index (χ0v) is 7.05. The molecule has 0 aromatic carbocycles. The molecule has 0 fully saturated rings. The third kappa shape index (κ3) is 1750. The topological polar surface area (TPSA) is 80.3 Å². The van der Waals surface area contributed by atoms with Crippen LogP contribution in [0.1, 0.15) is 13.8 Å². The summed E-state index contributed by atoms with van der Waals surface area (Å²) in [4.78, 5) is 17.8. The number of hydrogen-bond acceptors (Lipinski definition) is 4. The van der Waals surface area contributed by atoms with Crippen LogP contribution in [0.3, 0.4) is 0 Å². The minimum absolute atomic E-state index is 0. The van der Waals surface area contributed by atoms with Crippen LogP contribution in [-0.4, -0.2) is 11.9 Å². The predicted octanol–water partition coefficient (Wildman–Crippen LogP) is -2.49. The molecule has 50 valence electrons. The molecule has 0 N–H and O–H groups in total. The molecule has 0 radical (unpaired) electrons. The number of rotatable bonds is 0. The Morgan fingerprint density at radius 3 is 1.00 bits per heavy atom. The Bertz CT molecular complexity index is 70.6. The summed E-state index contributed by atoms with van der Waals surface area (Å²) in [5.74, 6) is -2.17. The summed E-state index contributed by atoms with van der Waals surface area (Å²) in [6.07, 6.45) is 0. The number of carboxylic acids is 2. The summed E-state index contributed by atoms with van der Waals surface area (Å²) < 4.78 is 0. The molecule has 0 spiro atoms. The molecule has 0 atom stereocenters. The summed E-state index contributed by atoms with van der Waals surface area (Å²) >= 11 is 0. The molecule has 0 unspecified atom stereocenters. The van der Waals surface area contributed by atoms with E-state index in [4.69, 9.17) is 19.8 Å². The van der Waals surface area contributed by atoms with Gasteiger partial charge in [0.2, 0.25) is 0 Å². The fourth-order valence-corrected chi connectivity index (χ4v) is 0. The van der Waals surface area contributed by atoms with Crippen LogP contribution in [0.5, 0.6) is 0 Å². The molecule has 0 aliphatic heterocycles. The molecule has 0 heterocycles. The van der Waals surface area contributed by atoms with Gasteiger partial charge in [-0.15, -0.1) is 0 Å². The van der Waals surface area contributed by atoms with Crippen molar-refractivity contribution < 1.29 is 40.9 Å². The Hall–Kier alpha value is -0.372. The van der Waals surface area contributed by atoms with Gasteiger partial charge in [0, 0.05) is 11.9 Å². The summed E-state index contributed by atoms with van der Waals surface area (Å²) in [5.41, 5.74) is 0. The van der Waals surface area contributed by atoms with Gasteiger partial charge in [0.25, 0.3) is 0 Å². The van der Waals surface area contributed by atoms with Gasteiger partial charge < -0.3 is 19.8 Å². The number of aliphatic carboxylic acids is 2. The third-order valence-electron chi connectivity index (χ3n) is 0. The Balaban J connectivity index is -0.0000000720. The molecule has 0 rings (SSSR count). The summed E-state index contributed by atoms with van der Waals surface area (Å²) in [5, 5.41) is 17.8. The first kappa shape index (κ1) is 15.8. The zero-order chi connectivity index (χ0) is 7.15. The van der Waals surface area contributed by atoms with E-state index in [1.54, 1.807) is 0 Å². The Morgan fingerprint density at radius 2 is 1.00 bits per heavy atom. The summed E-state index contributed by atoms with van der Waals surface area (Å²) in [6.45, 7) is 1.94. The molecule has 0 amide bonds. The van der Waals surface area contributed by atoms with Crippen molar-refractivity contribution >= 4 is 11.9 Å². The van der Waals surface area contributed by atoms with E-state index < -0.39 is 11.9 Å². The molecule has 0 aliphatic rings. The second-order valence-corrected chi connectivity index (χ2v) is 0.983. The van der Waals surface area contributed by atoms with Crippen molar-refractivity contribution in [3.05, 3.63) is 0 Å². The van der Waals surface area contributed by atoms with Crippen molar-refractivity contribution in [2.75, 3.05) is 0 Å². The standard InChI is InChI=1S/2C2H4O2.Mo/c2*1-2(3)4;/h2*1H3,(H,3,4);/q;;+4/p-2. The minimum Gasteiger partial charge on any atom is -0.550 e. The van der Waals surface area contributed by atoms with Crippen LogP contribution in [0.4, 0.5) is 0 Å². The van der Waals surface area contributed by atoms with Crippen LogP contribution in [0.25, 0.3) is 0 Å². The first-order valence-corrected chi connectivity index (χ1v) is 1.82. The molecule has 0 aliphatic carbocycles. The van der Waals surface area contributed by atoms with Gasteiger partial charge in [-0.05, 0) is 13.8 Å². The maximum absolute atomic E-state index is 8.89. The van der Waals surface area contributed by atoms with Crippen LogP contribution in [-0.2, 0) is 30.7 Å². The van der Waals surface area contributed by atoms with Gasteiger partial charge in [-0.3, -0.25) is 0 Å². The predicted molar refractivity (Wildman–Crippen MR) is 21.4 cm³/mol. The fraction of sp³-hybridized carbons (Fsp3) is 0.500. The van der Waals surface area contributed by atoms with E-state index >= 15 is 0 Å². The van der Waals surface area contributed by atoms with Gasteiger partial charge >= 0.3 is 21.1 Å². The maximum Gasteiger partial charge on any atom is 4.00 e. The largest absolute Gasteiger partial charge is 4.00 e. The van der Waals surface area contributed by atoms with E-state index in [9.17, 15) is 0 Å². The first-order valence-electron chi connectivity index (χ1n) is 1.82. The second-order valence-electron chi connectivity index (χ2n) is 0.983. The first-order chi connectivity index (χ1) is 3.46. The molecule has 0 saturated heterocycles. The normalized spacial score (nSPS) is 5.56. The van der Waals surface area contributed by atoms with Gasteiger partial charge in [-0.1, -0.05) is 0 Å². The fourth-order valence-electron chi connectivity index (χ4n) is 0. The van der Waals surface area contributed by atoms with Gasteiger partial charge in [-0.2, -0.15) is 0 Å². The smallest absolute Gasteiger partial charge is 0.550 e.